The van der Waals surface area contributed by atoms with Crippen LogP contribution in [-0.2, 0) is 0 Å². The van der Waals surface area contributed by atoms with E-state index in [1.807, 2.05) is 6.92 Å². The largest absolute Gasteiger partial charge is 0.262 e. The predicted molar refractivity (Wildman–Crippen MR) is 57.0 cm³/mol. The summed E-state index contributed by atoms with van der Waals surface area (Å²) in [5.41, 5.74) is 0. The van der Waals surface area contributed by atoms with E-state index in [4.69, 9.17) is 11.6 Å². The molecule has 0 saturated heterocycles. The molecule has 7 heteroatoms. The smallest absolute Gasteiger partial charge is 0.214 e. The fourth-order valence-electron chi connectivity index (χ4n) is 1.02. The van der Waals surface area contributed by atoms with Crippen LogP contribution in [0.1, 0.15) is 11.6 Å². The second-order valence-corrected chi connectivity index (χ2v) is 4.26. The molecule has 0 fully saturated rings. The lowest BCUT2D eigenvalue weighted by Gasteiger charge is -1.98. The zero-order valence-electron chi connectivity index (χ0n) is 8.15. The SMILES string of the molecule is Cc1nc(Cl)cc(Sc2n[nH]c(C)n2)n1. The van der Waals surface area contributed by atoms with E-state index in [0.29, 0.717) is 16.1 Å². The van der Waals surface area contributed by atoms with E-state index in [9.17, 15) is 0 Å². The minimum Gasteiger partial charge on any atom is -0.262 e. The van der Waals surface area contributed by atoms with Crippen LogP contribution in [0.15, 0.2) is 16.2 Å². The summed E-state index contributed by atoms with van der Waals surface area (Å²) in [7, 11) is 0. The number of H-pyrrole nitrogens is 1. The summed E-state index contributed by atoms with van der Waals surface area (Å²) >= 11 is 7.16. The standard InChI is InChI=1S/C8H8ClN5S/c1-4-10-6(9)3-7(11-4)15-8-12-5(2)13-14-8/h3H,1-2H3,(H,12,13,14). The zero-order valence-corrected chi connectivity index (χ0v) is 9.72. The molecule has 1 N–H and O–H groups in total. The molecule has 5 nitrogen and oxygen atoms in total. The lowest BCUT2D eigenvalue weighted by atomic mass is 10.6. The van der Waals surface area contributed by atoms with Gasteiger partial charge in [-0.05, 0) is 25.6 Å². The van der Waals surface area contributed by atoms with Gasteiger partial charge in [0.2, 0.25) is 5.16 Å². The van der Waals surface area contributed by atoms with Crippen LogP contribution >= 0.6 is 23.4 Å². The number of nitrogens with one attached hydrogen (secondary N) is 1. The van der Waals surface area contributed by atoms with Crippen LogP contribution < -0.4 is 0 Å². The van der Waals surface area contributed by atoms with Gasteiger partial charge in [-0.25, -0.2) is 15.0 Å². The molecule has 0 unspecified atom stereocenters. The molecule has 15 heavy (non-hydrogen) atoms. The quantitative estimate of drug-likeness (QED) is 0.815. The average molecular weight is 242 g/mol. The first kappa shape index (κ1) is 10.4. The van der Waals surface area contributed by atoms with Crippen molar-refractivity contribution in [3.8, 4) is 0 Å². The van der Waals surface area contributed by atoms with Gasteiger partial charge in [-0.1, -0.05) is 11.6 Å². The molecule has 0 atom stereocenters. The van der Waals surface area contributed by atoms with Gasteiger partial charge in [0.1, 0.15) is 21.8 Å². The van der Waals surface area contributed by atoms with E-state index in [1.54, 1.807) is 13.0 Å². The van der Waals surface area contributed by atoms with Crippen molar-refractivity contribution in [2.24, 2.45) is 0 Å². The third-order valence-corrected chi connectivity index (χ3v) is 2.53. The molecule has 0 aliphatic rings. The van der Waals surface area contributed by atoms with Crippen molar-refractivity contribution in [2.45, 2.75) is 24.0 Å². The highest BCUT2D eigenvalue weighted by molar-refractivity contribution is 7.99. The average Bonchev–Trinajstić information content (AvgIpc) is 2.49. The third-order valence-electron chi connectivity index (χ3n) is 1.56. The highest BCUT2D eigenvalue weighted by atomic mass is 35.5. The molecule has 2 aromatic rings. The van der Waals surface area contributed by atoms with Crippen molar-refractivity contribution in [3.63, 3.8) is 0 Å². The molecule has 2 aromatic heterocycles. The predicted octanol–water partition coefficient (Wildman–Crippen LogP) is 2.02. The Morgan fingerprint density at radius 2 is 2.07 bits per heavy atom. The molecule has 0 aromatic carbocycles. The van der Waals surface area contributed by atoms with Gasteiger partial charge in [0.05, 0.1) is 0 Å². The Labute approximate surface area is 95.7 Å². The van der Waals surface area contributed by atoms with Gasteiger partial charge in [0.15, 0.2) is 0 Å². The van der Waals surface area contributed by atoms with Gasteiger partial charge < -0.3 is 0 Å². The number of rotatable bonds is 2. The Kier molecular flexibility index (Phi) is 2.88. The van der Waals surface area contributed by atoms with E-state index >= 15 is 0 Å². The molecule has 0 radical (unpaired) electrons. The van der Waals surface area contributed by atoms with E-state index in [0.717, 1.165) is 10.9 Å². The van der Waals surface area contributed by atoms with Gasteiger partial charge in [0, 0.05) is 6.07 Å². The lowest BCUT2D eigenvalue weighted by molar-refractivity contribution is 0.942. The lowest BCUT2D eigenvalue weighted by Crippen LogP contribution is -1.90. The fourth-order valence-corrected chi connectivity index (χ4v) is 2.12. The monoisotopic (exact) mass is 241 g/mol. The van der Waals surface area contributed by atoms with Gasteiger partial charge in [-0.15, -0.1) is 5.10 Å². The maximum atomic E-state index is 5.81. The van der Waals surface area contributed by atoms with Crippen molar-refractivity contribution in [1.29, 1.82) is 0 Å². The minimum absolute atomic E-state index is 0.428. The fraction of sp³-hybridized carbons (Fsp3) is 0.250. The summed E-state index contributed by atoms with van der Waals surface area (Å²) in [4.78, 5) is 12.3. The second-order valence-electron chi connectivity index (χ2n) is 2.88. The first-order valence-electron chi connectivity index (χ1n) is 4.21. The maximum absolute atomic E-state index is 5.81. The zero-order chi connectivity index (χ0) is 10.8. The molecule has 2 heterocycles. The number of halogens is 1. The molecular weight excluding hydrogens is 234 g/mol. The third kappa shape index (κ3) is 2.66. The summed E-state index contributed by atoms with van der Waals surface area (Å²) < 4.78 is 0. The second kappa shape index (κ2) is 4.16. The normalized spacial score (nSPS) is 10.6. The Morgan fingerprint density at radius 3 is 2.67 bits per heavy atom. The van der Waals surface area contributed by atoms with Crippen molar-refractivity contribution < 1.29 is 0 Å². The molecule has 2 rings (SSSR count). The summed E-state index contributed by atoms with van der Waals surface area (Å²) in [6, 6.07) is 1.69. The van der Waals surface area contributed by atoms with Crippen molar-refractivity contribution in [3.05, 3.63) is 22.9 Å². The van der Waals surface area contributed by atoms with Crippen LogP contribution in [0.25, 0.3) is 0 Å². The van der Waals surface area contributed by atoms with Crippen LogP contribution in [0.4, 0.5) is 0 Å². The molecule has 0 saturated carbocycles. The van der Waals surface area contributed by atoms with Gasteiger partial charge in [-0.3, -0.25) is 5.10 Å². The molecule has 0 amide bonds. The summed E-state index contributed by atoms with van der Waals surface area (Å²) in [5, 5.41) is 8.55. The topological polar surface area (TPSA) is 67.3 Å². The molecular formula is C8H8ClN5S. The number of aryl methyl sites for hydroxylation is 2. The highest BCUT2D eigenvalue weighted by Crippen LogP contribution is 2.24. The van der Waals surface area contributed by atoms with E-state index in [2.05, 4.69) is 25.1 Å². The minimum atomic E-state index is 0.428. The molecule has 0 aliphatic heterocycles. The van der Waals surface area contributed by atoms with Crippen molar-refractivity contribution >= 4 is 23.4 Å². The number of aromatic nitrogens is 5. The Balaban J connectivity index is 2.24. The van der Waals surface area contributed by atoms with Gasteiger partial charge in [0.25, 0.3) is 0 Å². The first-order valence-corrected chi connectivity index (χ1v) is 5.41. The van der Waals surface area contributed by atoms with Crippen molar-refractivity contribution in [2.75, 3.05) is 0 Å². The van der Waals surface area contributed by atoms with Crippen LogP contribution in [-0.4, -0.2) is 25.1 Å². The van der Waals surface area contributed by atoms with Gasteiger partial charge in [-0.2, -0.15) is 0 Å². The van der Waals surface area contributed by atoms with E-state index in [-0.39, 0.29) is 0 Å². The Morgan fingerprint density at radius 1 is 1.27 bits per heavy atom. The molecule has 0 spiro atoms. The molecule has 78 valence electrons. The number of nitrogens with zero attached hydrogens (tertiary/aromatic N) is 4. The highest BCUT2D eigenvalue weighted by Gasteiger charge is 2.06. The van der Waals surface area contributed by atoms with Crippen LogP contribution in [0.3, 0.4) is 0 Å². The van der Waals surface area contributed by atoms with E-state index < -0.39 is 0 Å². The summed E-state index contributed by atoms with van der Waals surface area (Å²) in [6.07, 6.45) is 0. The Bertz CT molecular complexity index is 463. The molecule has 0 aliphatic carbocycles. The van der Waals surface area contributed by atoms with Crippen LogP contribution in [0.5, 0.6) is 0 Å². The van der Waals surface area contributed by atoms with E-state index in [1.165, 1.54) is 11.8 Å². The van der Waals surface area contributed by atoms with Crippen molar-refractivity contribution in [1.82, 2.24) is 25.1 Å². The maximum Gasteiger partial charge on any atom is 0.214 e. The number of hydrogen-bond donors (Lipinski definition) is 1. The van der Waals surface area contributed by atoms with Crippen LogP contribution in [0.2, 0.25) is 5.15 Å². The Hall–Kier alpha value is -1.14. The number of aromatic amines is 1. The van der Waals surface area contributed by atoms with Crippen LogP contribution in [0, 0.1) is 13.8 Å². The first-order chi connectivity index (χ1) is 7.13. The van der Waals surface area contributed by atoms with Gasteiger partial charge >= 0.3 is 0 Å². The summed E-state index contributed by atoms with van der Waals surface area (Å²) in [5.74, 6) is 1.41. The number of hydrogen-bond acceptors (Lipinski definition) is 5. The summed E-state index contributed by atoms with van der Waals surface area (Å²) in [6.45, 7) is 3.63. The molecule has 0 bridgehead atoms.